The summed E-state index contributed by atoms with van der Waals surface area (Å²) < 4.78 is 37.2. The maximum Gasteiger partial charge on any atom is 0.446 e. The third-order valence-corrected chi connectivity index (χ3v) is 4.81. The van der Waals surface area contributed by atoms with Gasteiger partial charge in [-0.25, -0.2) is 0 Å². The van der Waals surface area contributed by atoms with Crippen molar-refractivity contribution < 1.29 is 27.6 Å². The van der Waals surface area contributed by atoms with Gasteiger partial charge in [0.1, 0.15) is 0 Å². The lowest BCUT2D eigenvalue weighted by molar-refractivity contribution is -0.116. The number of hydrogen-bond acceptors (Lipinski definition) is 4. The highest BCUT2D eigenvalue weighted by atomic mass is 32.2. The molecule has 0 aromatic heterocycles. The molecule has 30 heavy (non-hydrogen) atoms. The predicted molar refractivity (Wildman–Crippen MR) is 108 cm³/mol. The molecule has 0 saturated heterocycles. The first kappa shape index (κ1) is 23.3. The minimum Gasteiger partial charge on any atom is -0.366 e. The van der Waals surface area contributed by atoms with E-state index in [4.69, 9.17) is 5.73 Å². The largest absolute Gasteiger partial charge is 0.446 e. The molecule has 6 nitrogen and oxygen atoms in total. The van der Waals surface area contributed by atoms with Gasteiger partial charge in [-0.15, -0.1) is 0 Å². The Labute approximate surface area is 175 Å². The van der Waals surface area contributed by atoms with Crippen molar-refractivity contribution in [2.75, 3.05) is 18.4 Å². The second-order valence-electron chi connectivity index (χ2n) is 6.20. The fourth-order valence-electron chi connectivity index (χ4n) is 2.56. The SMILES string of the molecule is CCN(CCC(=O)Nc1ccc(C(N)=O)cc1)C(=O)c1ccc(SC(F)(F)F)cc1. The molecule has 2 rings (SSSR count). The molecule has 2 aromatic carbocycles. The quantitative estimate of drug-likeness (QED) is 0.611. The summed E-state index contributed by atoms with van der Waals surface area (Å²) in [5.74, 6) is -1.28. The van der Waals surface area contributed by atoms with Crippen molar-refractivity contribution in [1.82, 2.24) is 4.90 Å². The minimum atomic E-state index is -4.39. The third-order valence-electron chi connectivity index (χ3n) is 4.07. The molecule has 0 aliphatic heterocycles. The number of benzene rings is 2. The van der Waals surface area contributed by atoms with Gasteiger partial charge in [0.2, 0.25) is 11.8 Å². The summed E-state index contributed by atoms with van der Waals surface area (Å²) in [6.07, 6.45) is 0.0269. The second kappa shape index (κ2) is 10.1. The van der Waals surface area contributed by atoms with E-state index in [1.165, 1.54) is 41.3 Å². The summed E-state index contributed by atoms with van der Waals surface area (Å²) in [4.78, 5) is 37.2. The first-order valence-electron chi connectivity index (χ1n) is 8.94. The molecule has 0 unspecified atom stereocenters. The van der Waals surface area contributed by atoms with Gasteiger partial charge >= 0.3 is 5.51 Å². The standard InChI is InChI=1S/C20H20F3N3O3S/c1-2-26(19(29)14-5-9-16(10-6-14)30-20(21,22)23)12-11-17(27)25-15-7-3-13(4-8-15)18(24)28/h3-10H,2,11-12H2,1H3,(H2,24,28)(H,25,27). The second-order valence-corrected chi connectivity index (χ2v) is 7.34. The van der Waals surface area contributed by atoms with Gasteiger partial charge in [-0.3, -0.25) is 14.4 Å². The first-order valence-corrected chi connectivity index (χ1v) is 9.75. The summed E-state index contributed by atoms with van der Waals surface area (Å²) in [6.45, 7) is 2.21. The number of carbonyl (C=O) groups excluding carboxylic acids is 3. The summed E-state index contributed by atoms with van der Waals surface area (Å²) in [5, 5.41) is 2.66. The lowest BCUT2D eigenvalue weighted by Gasteiger charge is -2.21. The van der Waals surface area contributed by atoms with E-state index in [1.54, 1.807) is 19.1 Å². The molecule has 0 aliphatic carbocycles. The van der Waals surface area contributed by atoms with E-state index < -0.39 is 11.4 Å². The summed E-state index contributed by atoms with van der Waals surface area (Å²) in [6, 6.07) is 11.2. The van der Waals surface area contributed by atoms with Gasteiger partial charge < -0.3 is 16.0 Å². The van der Waals surface area contributed by atoms with E-state index in [9.17, 15) is 27.6 Å². The molecule has 0 atom stereocenters. The molecule has 2 aromatic rings. The Balaban J connectivity index is 1.91. The van der Waals surface area contributed by atoms with Crippen LogP contribution in [0.1, 0.15) is 34.1 Å². The number of nitrogens with two attached hydrogens (primary N) is 1. The van der Waals surface area contributed by atoms with E-state index >= 15 is 0 Å². The minimum absolute atomic E-state index is 0.0103. The highest BCUT2D eigenvalue weighted by Gasteiger charge is 2.29. The molecule has 3 N–H and O–H groups in total. The Kier molecular flexibility index (Phi) is 7.87. The lowest BCUT2D eigenvalue weighted by Crippen LogP contribution is -2.33. The molecule has 0 heterocycles. The van der Waals surface area contributed by atoms with E-state index in [-0.39, 0.29) is 47.0 Å². The highest BCUT2D eigenvalue weighted by molar-refractivity contribution is 8.00. The molecular weight excluding hydrogens is 419 g/mol. The number of carbonyl (C=O) groups is 3. The van der Waals surface area contributed by atoms with Crippen LogP contribution in [0.3, 0.4) is 0 Å². The van der Waals surface area contributed by atoms with Crippen LogP contribution in [0, 0.1) is 0 Å². The van der Waals surface area contributed by atoms with Crippen LogP contribution in [0.4, 0.5) is 18.9 Å². The Morgan fingerprint density at radius 2 is 1.57 bits per heavy atom. The number of alkyl halides is 3. The molecule has 3 amide bonds. The molecule has 0 bridgehead atoms. The van der Waals surface area contributed by atoms with Gasteiger partial charge in [-0.05, 0) is 67.2 Å². The number of primary amides is 1. The monoisotopic (exact) mass is 439 g/mol. The number of nitrogens with zero attached hydrogens (tertiary/aromatic N) is 1. The van der Waals surface area contributed by atoms with Crippen molar-refractivity contribution in [3.8, 4) is 0 Å². The number of amides is 3. The average molecular weight is 439 g/mol. The van der Waals surface area contributed by atoms with Crippen LogP contribution in [0.5, 0.6) is 0 Å². The van der Waals surface area contributed by atoms with Crippen LogP contribution in [-0.2, 0) is 4.79 Å². The smallest absolute Gasteiger partial charge is 0.366 e. The van der Waals surface area contributed by atoms with Crippen molar-refractivity contribution >= 4 is 35.2 Å². The maximum atomic E-state index is 12.6. The van der Waals surface area contributed by atoms with E-state index in [1.807, 2.05) is 0 Å². The van der Waals surface area contributed by atoms with Crippen molar-refractivity contribution in [2.24, 2.45) is 5.73 Å². The zero-order valence-corrected chi connectivity index (χ0v) is 16.8. The number of nitrogens with one attached hydrogen (secondary N) is 1. The lowest BCUT2D eigenvalue weighted by atomic mass is 10.2. The van der Waals surface area contributed by atoms with E-state index in [2.05, 4.69) is 5.32 Å². The van der Waals surface area contributed by atoms with Gasteiger partial charge in [0.05, 0.1) is 0 Å². The number of anilines is 1. The zero-order valence-electron chi connectivity index (χ0n) is 16.0. The van der Waals surface area contributed by atoms with Gasteiger partial charge in [-0.2, -0.15) is 13.2 Å². The topological polar surface area (TPSA) is 92.5 Å². The normalized spacial score (nSPS) is 11.1. The Bertz CT molecular complexity index is 900. The molecule has 0 spiro atoms. The van der Waals surface area contributed by atoms with E-state index in [0.29, 0.717) is 17.8 Å². The average Bonchev–Trinajstić information content (AvgIpc) is 2.68. The number of thioether (sulfide) groups is 1. The van der Waals surface area contributed by atoms with Gasteiger partial charge in [0.15, 0.2) is 0 Å². The Morgan fingerprint density at radius 1 is 1.00 bits per heavy atom. The summed E-state index contributed by atoms with van der Waals surface area (Å²) >= 11 is -0.251. The number of hydrogen-bond donors (Lipinski definition) is 2. The molecule has 0 saturated carbocycles. The molecular formula is C20H20F3N3O3S. The molecule has 0 fully saturated rings. The number of halogens is 3. The first-order chi connectivity index (χ1) is 14.1. The molecule has 0 radical (unpaired) electrons. The molecule has 160 valence electrons. The van der Waals surface area contributed by atoms with Crippen LogP contribution in [0.2, 0.25) is 0 Å². The zero-order chi connectivity index (χ0) is 22.3. The van der Waals surface area contributed by atoms with Crippen LogP contribution >= 0.6 is 11.8 Å². The van der Waals surface area contributed by atoms with Crippen molar-refractivity contribution in [2.45, 2.75) is 23.7 Å². The summed E-state index contributed by atoms with van der Waals surface area (Å²) in [5.41, 5.74) is 1.80. The van der Waals surface area contributed by atoms with Crippen LogP contribution < -0.4 is 11.1 Å². The van der Waals surface area contributed by atoms with Gasteiger partial charge in [0, 0.05) is 41.2 Å². The van der Waals surface area contributed by atoms with E-state index in [0.717, 1.165) is 0 Å². The van der Waals surface area contributed by atoms with Crippen LogP contribution in [0.25, 0.3) is 0 Å². The fraction of sp³-hybridized carbons (Fsp3) is 0.250. The molecule has 0 aliphatic rings. The van der Waals surface area contributed by atoms with Crippen LogP contribution in [0.15, 0.2) is 53.4 Å². The van der Waals surface area contributed by atoms with Crippen LogP contribution in [-0.4, -0.2) is 41.2 Å². The Hall–Kier alpha value is -3.01. The Morgan fingerprint density at radius 3 is 2.07 bits per heavy atom. The van der Waals surface area contributed by atoms with Crippen molar-refractivity contribution in [3.63, 3.8) is 0 Å². The van der Waals surface area contributed by atoms with Gasteiger partial charge in [0.25, 0.3) is 5.91 Å². The maximum absolute atomic E-state index is 12.6. The fourth-order valence-corrected chi connectivity index (χ4v) is 3.10. The van der Waals surface area contributed by atoms with Gasteiger partial charge in [-0.1, -0.05) is 0 Å². The molecule has 10 heteroatoms. The van der Waals surface area contributed by atoms with Crippen molar-refractivity contribution in [1.29, 1.82) is 0 Å². The summed E-state index contributed by atoms with van der Waals surface area (Å²) in [7, 11) is 0. The predicted octanol–water partition coefficient (Wildman–Crippen LogP) is 3.89. The van der Waals surface area contributed by atoms with Crippen molar-refractivity contribution in [3.05, 3.63) is 59.7 Å². The third kappa shape index (κ3) is 7.11. The highest BCUT2D eigenvalue weighted by Crippen LogP contribution is 2.36. The number of rotatable bonds is 8.